The van der Waals surface area contributed by atoms with Crippen LogP contribution in [0.4, 0.5) is 0 Å². The molecule has 0 bridgehead atoms. The van der Waals surface area contributed by atoms with Crippen molar-refractivity contribution in [3.8, 4) is 0 Å². The standard InChI is InChI=1S/C81H158O17P2/c1-9-74(8)60-52-44-35-31-32-36-45-53-61-78(83)91-67-76(97-80(85)63-56-48-38-30-26-22-18-14-16-20-24-28-34-42-50-58-72(4)5)69-95-99(87,88)93-65-75(82)66-94-100(89,90)96-70-77(68-92-79(84)62-54-46-40-39-43-51-59-73(6)7)98-81(86)64-55-47-37-29-25-21-17-13-11-10-12-15-19-23-27-33-41-49-57-71(2)3/h71-77,82H,9-70H2,1-8H3,(H,87,88)(H,89,90)/t74?,75?,76-,77-/m1/s1. The van der Waals surface area contributed by atoms with Crippen molar-refractivity contribution < 1.29 is 80.2 Å². The molecule has 0 aromatic rings. The number of carbonyl (C=O) groups excluding carboxylic acids is 4. The van der Waals surface area contributed by atoms with Gasteiger partial charge >= 0.3 is 39.5 Å². The number of aliphatic hydroxyl groups is 1. The molecule has 0 saturated carbocycles. The van der Waals surface area contributed by atoms with Crippen LogP contribution >= 0.6 is 15.6 Å². The highest BCUT2D eigenvalue weighted by atomic mass is 31.2. The Labute approximate surface area is 613 Å². The molecule has 6 atom stereocenters. The average Bonchev–Trinajstić information content (AvgIpc) is 0.952. The van der Waals surface area contributed by atoms with E-state index in [0.29, 0.717) is 31.6 Å². The summed E-state index contributed by atoms with van der Waals surface area (Å²) >= 11 is 0. The minimum Gasteiger partial charge on any atom is -0.462 e. The normalized spacial score (nSPS) is 14.3. The van der Waals surface area contributed by atoms with Gasteiger partial charge in [-0.25, -0.2) is 9.13 Å². The topological polar surface area (TPSA) is 237 Å². The van der Waals surface area contributed by atoms with Crippen LogP contribution in [0.25, 0.3) is 0 Å². The first-order valence-electron chi connectivity index (χ1n) is 41.7. The van der Waals surface area contributed by atoms with Crippen molar-refractivity contribution in [2.75, 3.05) is 39.6 Å². The Bertz CT molecular complexity index is 1960. The van der Waals surface area contributed by atoms with E-state index in [1.54, 1.807) is 0 Å². The molecule has 0 aliphatic rings. The van der Waals surface area contributed by atoms with Crippen molar-refractivity contribution in [1.29, 1.82) is 0 Å². The van der Waals surface area contributed by atoms with Gasteiger partial charge in [-0.1, -0.05) is 364 Å². The molecule has 4 unspecified atom stereocenters. The van der Waals surface area contributed by atoms with Crippen molar-refractivity contribution in [2.45, 2.75) is 433 Å². The second-order valence-electron chi connectivity index (χ2n) is 30.8. The molecule has 0 amide bonds. The molecule has 0 aromatic carbocycles. The number of hydrogen-bond donors (Lipinski definition) is 3. The molecule has 0 fully saturated rings. The maximum absolute atomic E-state index is 13.1. The minimum absolute atomic E-state index is 0.107. The van der Waals surface area contributed by atoms with Gasteiger partial charge in [-0.05, 0) is 49.4 Å². The highest BCUT2D eigenvalue weighted by Gasteiger charge is 2.30. The molecule has 3 N–H and O–H groups in total. The van der Waals surface area contributed by atoms with E-state index in [1.807, 2.05) is 0 Å². The fourth-order valence-electron chi connectivity index (χ4n) is 12.4. The number of unbranched alkanes of at least 4 members (excludes halogenated alkanes) is 43. The summed E-state index contributed by atoms with van der Waals surface area (Å²) in [4.78, 5) is 72.9. The van der Waals surface area contributed by atoms with E-state index >= 15 is 0 Å². The molecule has 19 heteroatoms. The summed E-state index contributed by atoms with van der Waals surface area (Å²) < 4.78 is 68.7. The third kappa shape index (κ3) is 73.0. The first-order chi connectivity index (χ1) is 48.1. The number of hydrogen-bond acceptors (Lipinski definition) is 15. The lowest BCUT2D eigenvalue weighted by Crippen LogP contribution is -2.30. The van der Waals surface area contributed by atoms with Crippen molar-refractivity contribution in [3.05, 3.63) is 0 Å². The first-order valence-corrected chi connectivity index (χ1v) is 44.7. The number of rotatable bonds is 78. The van der Waals surface area contributed by atoms with Gasteiger partial charge in [0.15, 0.2) is 12.2 Å². The third-order valence-electron chi connectivity index (χ3n) is 19.2. The van der Waals surface area contributed by atoms with Gasteiger partial charge in [0.1, 0.15) is 19.3 Å². The molecule has 594 valence electrons. The molecular weight excluding hydrogens is 1310 g/mol. The van der Waals surface area contributed by atoms with E-state index in [0.717, 1.165) is 114 Å². The van der Waals surface area contributed by atoms with Gasteiger partial charge in [0.2, 0.25) is 0 Å². The van der Waals surface area contributed by atoms with Crippen LogP contribution in [0.3, 0.4) is 0 Å². The second-order valence-corrected chi connectivity index (χ2v) is 33.7. The predicted octanol–water partition coefficient (Wildman–Crippen LogP) is 24.0. The van der Waals surface area contributed by atoms with Gasteiger partial charge in [-0.3, -0.25) is 37.3 Å². The molecule has 0 saturated heterocycles. The number of phosphoric ester groups is 2. The quantitative estimate of drug-likeness (QED) is 0.0222. The Balaban J connectivity index is 5.18. The van der Waals surface area contributed by atoms with Crippen molar-refractivity contribution in [2.24, 2.45) is 23.7 Å². The van der Waals surface area contributed by atoms with Crippen molar-refractivity contribution >= 4 is 39.5 Å². The molecule has 17 nitrogen and oxygen atoms in total. The lowest BCUT2D eigenvalue weighted by Gasteiger charge is -2.21. The van der Waals surface area contributed by atoms with E-state index in [9.17, 15) is 43.2 Å². The van der Waals surface area contributed by atoms with Gasteiger partial charge in [0, 0.05) is 25.7 Å². The Kier molecular flexibility index (Phi) is 68.7. The van der Waals surface area contributed by atoms with Crippen LogP contribution in [0.15, 0.2) is 0 Å². The first kappa shape index (κ1) is 98.1. The lowest BCUT2D eigenvalue weighted by molar-refractivity contribution is -0.161. The summed E-state index contributed by atoms with van der Waals surface area (Å²) in [7, 11) is -9.92. The Hall–Kier alpha value is -1.94. The van der Waals surface area contributed by atoms with E-state index in [2.05, 4.69) is 55.4 Å². The summed E-state index contributed by atoms with van der Waals surface area (Å²) in [6, 6.07) is 0. The van der Waals surface area contributed by atoms with Crippen LogP contribution in [0.2, 0.25) is 0 Å². The van der Waals surface area contributed by atoms with Gasteiger partial charge in [0.25, 0.3) is 0 Å². The van der Waals surface area contributed by atoms with Gasteiger partial charge in [0.05, 0.1) is 26.4 Å². The smallest absolute Gasteiger partial charge is 0.462 e. The highest BCUT2D eigenvalue weighted by Crippen LogP contribution is 2.45. The number of carbonyl (C=O) groups is 4. The SMILES string of the molecule is CCC(C)CCCCCCCCCCC(=O)OC[C@H](COP(=O)(O)OCC(O)COP(=O)(O)OC[C@@H](COC(=O)CCCCCCCCC(C)C)OC(=O)CCCCCCCCCCCCCCCCCCCCC(C)C)OC(=O)CCCCCCCCCCCCCCCCCC(C)C. The monoisotopic (exact) mass is 1470 g/mol. The van der Waals surface area contributed by atoms with Crippen LogP contribution in [0, 0.1) is 23.7 Å². The lowest BCUT2D eigenvalue weighted by atomic mass is 9.99. The summed E-state index contributed by atoms with van der Waals surface area (Å²) in [5.74, 6) is 0.963. The van der Waals surface area contributed by atoms with Crippen molar-refractivity contribution in [1.82, 2.24) is 0 Å². The molecule has 0 spiro atoms. The summed E-state index contributed by atoms with van der Waals surface area (Å²) in [6.07, 6.45) is 57.1. The summed E-state index contributed by atoms with van der Waals surface area (Å²) in [5.41, 5.74) is 0. The van der Waals surface area contributed by atoms with Crippen LogP contribution in [-0.4, -0.2) is 96.7 Å². The van der Waals surface area contributed by atoms with E-state index < -0.39 is 97.5 Å². The molecular formula is C81H158O17P2. The molecule has 0 aromatic heterocycles. The second kappa shape index (κ2) is 70.1. The zero-order valence-electron chi connectivity index (χ0n) is 65.8. The van der Waals surface area contributed by atoms with E-state index in [4.69, 9.17) is 37.0 Å². The fourth-order valence-corrected chi connectivity index (χ4v) is 14.0. The van der Waals surface area contributed by atoms with E-state index in [1.165, 1.54) is 212 Å². The maximum Gasteiger partial charge on any atom is 0.472 e. The average molecular weight is 1470 g/mol. The Morgan fingerprint density at radius 2 is 0.480 bits per heavy atom. The third-order valence-corrected chi connectivity index (χ3v) is 21.1. The molecule has 0 radical (unpaired) electrons. The van der Waals surface area contributed by atoms with Crippen LogP contribution in [0.1, 0.15) is 415 Å². The van der Waals surface area contributed by atoms with Crippen molar-refractivity contribution in [3.63, 3.8) is 0 Å². The largest absolute Gasteiger partial charge is 0.472 e. The maximum atomic E-state index is 13.1. The van der Waals surface area contributed by atoms with Gasteiger partial charge < -0.3 is 33.8 Å². The molecule has 0 aliphatic carbocycles. The van der Waals surface area contributed by atoms with E-state index in [-0.39, 0.29) is 25.7 Å². The van der Waals surface area contributed by atoms with Crippen LogP contribution in [-0.2, 0) is 65.4 Å². The van der Waals surface area contributed by atoms with Gasteiger partial charge in [-0.2, -0.15) is 0 Å². The summed E-state index contributed by atoms with van der Waals surface area (Å²) in [6.45, 7) is 14.2. The minimum atomic E-state index is -4.96. The number of phosphoric acid groups is 2. The Morgan fingerprint density at radius 3 is 0.710 bits per heavy atom. The Morgan fingerprint density at radius 1 is 0.280 bits per heavy atom. The van der Waals surface area contributed by atoms with Crippen LogP contribution in [0.5, 0.6) is 0 Å². The fraction of sp³-hybridized carbons (Fsp3) is 0.951. The number of ether oxygens (including phenoxy) is 4. The molecule has 0 rings (SSSR count). The summed E-state index contributed by atoms with van der Waals surface area (Å²) in [5, 5.41) is 10.6. The zero-order chi connectivity index (χ0) is 73.8. The number of aliphatic hydroxyl groups excluding tert-OH is 1. The van der Waals surface area contributed by atoms with Gasteiger partial charge in [-0.15, -0.1) is 0 Å². The number of esters is 4. The molecule has 0 aliphatic heterocycles. The predicted molar refractivity (Wildman–Crippen MR) is 409 cm³/mol. The highest BCUT2D eigenvalue weighted by molar-refractivity contribution is 7.47. The molecule has 100 heavy (non-hydrogen) atoms. The molecule has 0 heterocycles. The van der Waals surface area contributed by atoms with Crippen LogP contribution < -0.4 is 0 Å². The zero-order valence-corrected chi connectivity index (χ0v) is 67.6.